The number of ether oxygens (including phenoxy) is 1. The van der Waals surface area contributed by atoms with Crippen molar-refractivity contribution in [3.05, 3.63) is 76.1 Å². The quantitative estimate of drug-likeness (QED) is 0.225. The lowest BCUT2D eigenvalue weighted by molar-refractivity contribution is 0.00445. The number of hydrogen-bond acceptors (Lipinski definition) is 5. The molecule has 2 unspecified atom stereocenters. The molecule has 3 aromatic rings. The molecule has 7 heteroatoms. The number of phenols is 1. The number of benzene rings is 2. The van der Waals surface area contributed by atoms with Crippen molar-refractivity contribution in [2.45, 2.75) is 57.2 Å². The minimum absolute atomic E-state index is 0.0202. The van der Waals surface area contributed by atoms with Gasteiger partial charge in [0.05, 0.1) is 18.2 Å². The number of fused-ring (bicyclic) bond motifs is 1. The largest absolute Gasteiger partial charge is 0.506 e. The smallest absolute Gasteiger partial charge is 0.248 e. The normalized spacial score (nSPS) is 14.1. The number of alkyl halides is 1. The lowest BCUT2D eigenvalue weighted by Crippen LogP contribution is -2.27. The number of aliphatic hydroxyl groups is 1. The number of unbranched alkanes of at least 4 members (excludes halogenated alkanes) is 3. The maximum Gasteiger partial charge on any atom is 0.248 e. The fourth-order valence-corrected chi connectivity index (χ4v) is 4.37. The number of H-pyrrole nitrogens is 1. The van der Waals surface area contributed by atoms with E-state index >= 15 is 4.39 Å². The predicted octanol–water partition coefficient (Wildman–Crippen LogP) is 5.10. The number of hydrogen-bond donors (Lipinski definition) is 4. The molecule has 190 valence electrons. The molecule has 3 rings (SSSR count). The molecule has 0 radical (unpaired) electrons. The minimum atomic E-state index is -1.43. The van der Waals surface area contributed by atoms with Crippen molar-refractivity contribution < 1.29 is 19.3 Å². The Labute approximate surface area is 206 Å². The first-order chi connectivity index (χ1) is 16.9. The summed E-state index contributed by atoms with van der Waals surface area (Å²) in [5, 5.41) is 24.4. The molecule has 35 heavy (non-hydrogen) atoms. The predicted molar refractivity (Wildman–Crippen MR) is 137 cm³/mol. The van der Waals surface area contributed by atoms with Gasteiger partial charge in [-0.2, -0.15) is 0 Å². The van der Waals surface area contributed by atoms with Crippen molar-refractivity contribution in [3.8, 4) is 5.75 Å². The van der Waals surface area contributed by atoms with Crippen LogP contribution in [0.15, 0.2) is 59.4 Å². The van der Waals surface area contributed by atoms with E-state index in [1.165, 1.54) is 12.1 Å². The van der Waals surface area contributed by atoms with Crippen LogP contribution in [0.1, 0.15) is 62.7 Å². The Hall–Kier alpha value is -2.74. The Morgan fingerprint density at radius 3 is 2.60 bits per heavy atom. The van der Waals surface area contributed by atoms with Crippen molar-refractivity contribution in [1.29, 1.82) is 0 Å². The molecule has 2 atom stereocenters. The summed E-state index contributed by atoms with van der Waals surface area (Å²) in [7, 11) is 0. The van der Waals surface area contributed by atoms with Crippen LogP contribution in [-0.4, -0.2) is 41.5 Å². The summed E-state index contributed by atoms with van der Waals surface area (Å²) >= 11 is 0. The fourth-order valence-electron chi connectivity index (χ4n) is 4.37. The van der Waals surface area contributed by atoms with Crippen LogP contribution in [-0.2, 0) is 10.4 Å². The Bertz CT molecular complexity index is 1110. The number of rotatable bonds is 15. The molecule has 0 aliphatic carbocycles. The van der Waals surface area contributed by atoms with Gasteiger partial charge in [0.25, 0.3) is 0 Å². The Morgan fingerprint density at radius 2 is 1.83 bits per heavy atom. The minimum Gasteiger partial charge on any atom is -0.506 e. The lowest BCUT2D eigenvalue weighted by atomic mass is 9.92. The van der Waals surface area contributed by atoms with E-state index in [0.717, 1.165) is 38.6 Å². The van der Waals surface area contributed by atoms with Gasteiger partial charge in [-0.05, 0) is 49.1 Å². The van der Waals surface area contributed by atoms with E-state index in [2.05, 4.69) is 10.3 Å². The van der Waals surface area contributed by atoms with Gasteiger partial charge in [0.15, 0.2) is 5.67 Å². The maximum absolute atomic E-state index is 15.4. The van der Waals surface area contributed by atoms with E-state index in [4.69, 9.17) is 4.74 Å². The first-order valence-electron chi connectivity index (χ1n) is 12.5. The van der Waals surface area contributed by atoms with Gasteiger partial charge >= 0.3 is 0 Å². The maximum atomic E-state index is 15.4. The van der Waals surface area contributed by atoms with Crippen LogP contribution < -0.4 is 10.9 Å². The molecule has 0 spiro atoms. The van der Waals surface area contributed by atoms with Gasteiger partial charge in [-0.25, -0.2) is 4.39 Å². The van der Waals surface area contributed by atoms with Crippen LogP contribution in [0.25, 0.3) is 10.9 Å². The monoisotopic (exact) mass is 484 g/mol. The highest BCUT2D eigenvalue weighted by molar-refractivity contribution is 5.87. The second kappa shape index (κ2) is 13.4. The summed E-state index contributed by atoms with van der Waals surface area (Å²) in [5.74, 6) is -0.0202. The summed E-state index contributed by atoms with van der Waals surface area (Å²) < 4.78 is 21.1. The molecular formula is C28H37FN2O4. The molecular weight excluding hydrogens is 447 g/mol. The van der Waals surface area contributed by atoms with E-state index in [0.29, 0.717) is 41.6 Å². The Balaban J connectivity index is 1.31. The standard InChI is InChI=1S/C28H37FN2O4/c1-2-16-28(29,21-10-6-5-7-11-21)20-35-18-9-4-3-8-17-30-19-25(33)22-12-14-24(32)27-23(22)13-15-26(34)31-27/h5-7,10-15,25,30,32-33H,2-4,8-9,16-20H2,1H3,(H,31,34). The topological polar surface area (TPSA) is 94.6 Å². The summed E-state index contributed by atoms with van der Waals surface area (Å²) in [4.78, 5) is 14.1. The van der Waals surface area contributed by atoms with Gasteiger partial charge in [0.2, 0.25) is 5.56 Å². The molecule has 0 bridgehead atoms. The van der Waals surface area contributed by atoms with E-state index in [1.54, 1.807) is 12.1 Å². The van der Waals surface area contributed by atoms with Crippen molar-refractivity contribution >= 4 is 10.9 Å². The summed E-state index contributed by atoms with van der Waals surface area (Å²) in [5.41, 5.74) is -0.0624. The fraction of sp³-hybridized carbons (Fsp3) is 0.464. The number of nitrogens with one attached hydrogen (secondary N) is 2. The Morgan fingerprint density at radius 1 is 1.06 bits per heavy atom. The van der Waals surface area contributed by atoms with Crippen molar-refractivity contribution in [2.75, 3.05) is 26.3 Å². The first-order valence-corrected chi connectivity index (χ1v) is 12.5. The molecule has 0 aliphatic rings. The van der Waals surface area contributed by atoms with Crippen molar-refractivity contribution in [1.82, 2.24) is 10.3 Å². The first kappa shape index (κ1) is 26.9. The van der Waals surface area contributed by atoms with Crippen LogP contribution >= 0.6 is 0 Å². The van der Waals surface area contributed by atoms with Crippen LogP contribution in [0.5, 0.6) is 5.75 Å². The molecule has 1 heterocycles. The van der Waals surface area contributed by atoms with Gasteiger partial charge in [-0.1, -0.05) is 62.6 Å². The van der Waals surface area contributed by atoms with E-state index in [9.17, 15) is 15.0 Å². The van der Waals surface area contributed by atoms with Gasteiger partial charge < -0.3 is 25.3 Å². The molecule has 0 aliphatic heterocycles. The third-order valence-corrected chi connectivity index (χ3v) is 6.26. The van der Waals surface area contributed by atoms with Crippen LogP contribution in [0.2, 0.25) is 0 Å². The van der Waals surface area contributed by atoms with Gasteiger partial charge in [-0.15, -0.1) is 0 Å². The summed E-state index contributed by atoms with van der Waals surface area (Å²) in [6, 6.07) is 15.4. The van der Waals surface area contributed by atoms with Crippen LogP contribution in [0.4, 0.5) is 4.39 Å². The summed E-state index contributed by atoms with van der Waals surface area (Å²) in [6.45, 7) is 3.76. The Kier molecular flexibility index (Phi) is 10.3. The number of aromatic amines is 1. The van der Waals surface area contributed by atoms with E-state index in [1.807, 2.05) is 37.3 Å². The van der Waals surface area contributed by atoms with Gasteiger partial charge in [0.1, 0.15) is 5.75 Å². The number of aromatic nitrogens is 1. The zero-order chi connectivity index (χ0) is 25.1. The number of aromatic hydroxyl groups is 1. The van der Waals surface area contributed by atoms with Crippen molar-refractivity contribution in [2.24, 2.45) is 0 Å². The molecule has 0 saturated heterocycles. The highest BCUT2D eigenvalue weighted by atomic mass is 19.1. The second-order valence-corrected chi connectivity index (χ2v) is 9.05. The zero-order valence-corrected chi connectivity index (χ0v) is 20.4. The van der Waals surface area contributed by atoms with Gasteiger partial charge in [0, 0.05) is 24.6 Å². The number of pyridine rings is 1. The average Bonchev–Trinajstić information content (AvgIpc) is 2.86. The molecule has 1 aromatic heterocycles. The average molecular weight is 485 g/mol. The molecule has 0 fully saturated rings. The zero-order valence-electron chi connectivity index (χ0n) is 20.4. The van der Waals surface area contributed by atoms with E-state index < -0.39 is 11.8 Å². The molecule has 4 N–H and O–H groups in total. The van der Waals surface area contributed by atoms with Crippen LogP contribution in [0, 0.1) is 0 Å². The molecule has 0 saturated carbocycles. The number of halogens is 1. The number of phenolic OH excluding ortho intramolecular Hbond substituents is 1. The third-order valence-electron chi connectivity index (χ3n) is 6.26. The number of aliphatic hydroxyl groups excluding tert-OH is 1. The second-order valence-electron chi connectivity index (χ2n) is 9.05. The van der Waals surface area contributed by atoms with Gasteiger partial charge in [-0.3, -0.25) is 4.79 Å². The highest BCUT2D eigenvalue weighted by Crippen LogP contribution is 2.32. The molecule has 2 aromatic carbocycles. The third kappa shape index (κ3) is 7.62. The van der Waals surface area contributed by atoms with Crippen LogP contribution in [0.3, 0.4) is 0 Å². The SMILES string of the molecule is CCCC(F)(COCCCCCCNCC(O)c1ccc(O)c2[nH]c(=O)ccc12)c1ccccc1. The summed E-state index contributed by atoms with van der Waals surface area (Å²) in [6.07, 6.45) is 4.32. The lowest BCUT2D eigenvalue weighted by Gasteiger charge is -2.25. The highest BCUT2D eigenvalue weighted by Gasteiger charge is 2.31. The molecule has 6 nitrogen and oxygen atoms in total. The van der Waals surface area contributed by atoms with Crippen molar-refractivity contribution in [3.63, 3.8) is 0 Å². The van der Waals surface area contributed by atoms with E-state index in [-0.39, 0.29) is 17.9 Å². The molecule has 0 amide bonds.